The molecule has 0 N–H and O–H groups in total. The van der Waals surface area contributed by atoms with Crippen LogP contribution in [0.4, 0.5) is 0 Å². The van der Waals surface area contributed by atoms with Crippen LogP contribution < -0.4 is 0 Å². The summed E-state index contributed by atoms with van der Waals surface area (Å²) in [5.41, 5.74) is 0. The lowest BCUT2D eigenvalue weighted by molar-refractivity contribution is 0.138. The quantitative estimate of drug-likeness (QED) is 0.503. The average molecular weight is 218 g/mol. The molecule has 0 aromatic heterocycles. The molecule has 2 atom stereocenters. The van der Waals surface area contributed by atoms with E-state index in [2.05, 4.69) is 18.9 Å². The molecule has 0 bridgehead atoms. The maximum atomic E-state index is 5.68. The van der Waals surface area contributed by atoms with Crippen LogP contribution >= 0.6 is 11.6 Å². The second-order valence-corrected chi connectivity index (χ2v) is 5.08. The predicted octanol–water partition coefficient (Wildman–Crippen LogP) is 3.52. The van der Waals surface area contributed by atoms with Crippen molar-refractivity contribution >= 4 is 11.6 Å². The SMILES string of the molecule is CC1CCCCC1N(C)CCCCCl. The Kier molecular flexibility index (Phi) is 5.88. The van der Waals surface area contributed by atoms with E-state index in [4.69, 9.17) is 11.6 Å². The van der Waals surface area contributed by atoms with E-state index in [9.17, 15) is 0 Å². The van der Waals surface area contributed by atoms with Crippen LogP contribution in [0.1, 0.15) is 45.4 Å². The lowest BCUT2D eigenvalue weighted by Gasteiger charge is -2.36. The third-order valence-corrected chi connectivity index (χ3v) is 3.79. The van der Waals surface area contributed by atoms with Crippen molar-refractivity contribution in [3.63, 3.8) is 0 Å². The van der Waals surface area contributed by atoms with Crippen molar-refractivity contribution in [3.05, 3.63) is 0 Å². The van der Waals surface area contributed by atoms with Gasteiger partial charge in [-0.15, -0.1) is 11.6 Å². The van der Waals surface area contributed by atoms with E-state index in [1.165, 1.54) is 38.6 Å². The number of halogens is 1. The van der Waals surface area contributed by atoms with Gasteiger partial charge in [-0.3, -0.25) is 0 Å². The first-order valence-corrected chi connectivity index (χ1v) is 6.55. The van der Waals surface area contributed by atoms with Crippen LogP contribution in [-0.2, 0) is 0 Å². The fourth-order valence-electron chi connectivity index (χ4n) is 2.57. The molecule has 0 aliphatic heterocycles. The van der Waals surface area contributed by atoms with E-state index in [0.717, 1.165) is 24.3 Å². The molecule has 1 fully saturated rings. The first-order chi connectivity index (χ1) is 6.75. The van der Waals surface area contributed by atoms with E-state index in [-0.39, 0.29) is 0 Å². The second-order valence-electron chi connectivity index (χ2n) is 4.71. The molecule has 0 amide bonds. The van der Waals surface area contributed by atoms with Gasteiger partial charge in [0, 0.05) is 11.9 Å². The summed E-state index contributed by atoms with van der Waals surface area (Å²) in [6, 6.07) is 0.832. The minimum Gasteiger partial charge on any atom is -0.303 e. The molecule has 2 unspecified atom stereocenters. The standard InChI is InChI=1S/C12H24ClN/c1-11-7-3-4-8-12(11)14(2)10-6-5-9-13/h11-12H,3-10H2,1-2H3. The topological polar surface area (TPSA) is 3.24 Å². The summed E-state index contributed by atoms with van der Waals surface area (Å²) < 4.78 is 0. The first kappa shape index (κ1) is 12.3. The van der Waals surface area contributed by atoms with Crippen LogP contribution in [0.5, 0.6) is 0 Å². The van der Waals surface area contributed by atoms with Crippen molar-refractivity contribution in [1.82, 2.24) is 4.90 Å². The highest BCUT2D eigenvalue weighted by atomic mass is 35.5. The molecule has 84 valence electrons. The molecule has 0 spiro atoms. The lowest BCUT2D eigenvalue weighted by atomic mass is 9.85. The molecule has 1 aliphatic carbocycles. The van der Waals surface area contributed by atoms with E-state index in [1.807, 2.05) is 0 Å². The van der Waals surface area contributed by atoms with Crippen molar-refractivity contribution < 1.29 is 0 Å². The van der Waals surface area contributed by atoms with Crippen LogP contribution in [0, 0.1) is 5.92 Å². The largest absolute Gasteiger partial charge is 0.303 e. The molecule has 0 aromatic carbocycles. The second kappa shape index (κ2) is 6.68. The van der Waals surface area contributed by atoms with Gasteiger partial charge in [0.15, 0.2) is 0 Å². The Balaban J connectivity index is 2.23. The van der Waals surface area contributed by atoms with Crippen LogP contribution in [0.15, 0.2) is 0 Å². The summed E-state index contributed by atoms with van der Waals surface area (Å²) in [6.07, 6.45) is 8.10. The van der Waals surface area contributed by atoms with Gasteiger partial charge in [-0.1, -0.05) is 19.8 Å². The third-order valence-electron chi connectivity index (χ3n) is 3.53. The third kappa shape index (κ3) is 3.78. The summed E-state index contributed by atoms with van der Waals surface area (Å²) in [4.78, 5) is 2.55. The Hall–Kier alpha value is 0.250. The Labute approximate surface area is 93.8 Å². The minimum atomic E-state index is 0.814. The summed E-state index contributed by atoms with van der Waals surface area (Å²) in [5.74, 6) is 1.71. The smallest absolute Gasteiger partial charge is 0.0223 e. The molecule has 1 rings (SSSR count). The lowest BCUT2D eigenvalue weighted by Crippen LogP contribution is -2.39. The molecule has 1 aliphatic rings. The molecule has 0 aromatic rings. The van der Waals surface area contributed by atoms with Crippen LogP contribution in [0.3, 0.4) is 0 Å². The van der Waals surface area contributed by atoms with Gasteiger partial charge < -0.3 is 4.90 Å². The zero-order valence-electron chi connectivity index (χ0n) is 9.64. The van der Waals surface area contributed by atoms with Crippen molar-refractivity contribution in [1.29, 1.82) is 0 Å². The number of unbranched alkanes of at least 4 members (excludes halogenated alkanes) is 1. The van der Waals surface area contributed by atoms with Crippen LogP contribution in [-0.4, -0.2) is 30.4 Å². The number of rotatable bonds is 5. The van der Waals surface area contributed by atoms with Gasteiger partial charge in [-0.2, -0.15) is 0 Å². The Morgan fingerprint density at radius 2 is 1.93 bits per heavy atom. The number of hydrogen-bond donors (Lipinski definition) is 0. The van der Waals surface area contributed by atoms with E-state index in [1.54, 1.807) is 0 Å². The van der Waals surface area contributed by atoms with E-state index < -0.39 is 0 Å². The number of alkyl halides is 1. The monoisotopic (exact) mass is 217 g/mol. The minimum absolute atomic E-state index is 0.814. The Morgan fingerprint density at radius 1 is 1.21 bits per heavy atom. The Bertz CT molecular complexity index is 149. The molecule has 0 heterocycles. The summed E-state index contributed by atoms with van der Waals surface area (Å²) in [5, 5.41) is 0. The molecule has 2 heteroatoms. The van der Waals surface area contributed by atoms with Crippen molar-refractivity contribution in [2.24, 2.45) is 5.92 Å². The van der Waals surface area contributed by atoms with Crippen LogP contribution in [0.2, 0.25) is 0 Å². The molecule has 0 saturated heterocycles. The van der Waals surface area contributed by atoms with Gasteiger partial charge in [0.25, 0.3) is 0 Å². The molecular weight excluding hydrogens is 194 g/mol. The van der Waals surface area contributed by atoms with Gasteiger partial charge in [-0.25, -0.2) is 0 Å². The Morgan fingerprint density at radius 3 is 2.57 bits per heavy atom. The highest BCUT2D eigenvalue weighted by molar-refractivity contribution is 6.17. The zero-order chi connectivity index (χ0) is 10.4. The highest BCUT2D eigenvalue weighted by Crippen LogP contribution is 2.27. The van der Waals surface area contributed by atoms with Crippen molar-refractivity contribution in [2.75, 3.05) is 19.5 Å². The van der Waals surface area contributed by atoms with Crippen molar-refractivity contribution in [2.45, 2.75) is 51.5 Å². The molecule has 14 heavy (non-hydrogen) atoms. The first-order valence-electron chi connectivity index (χ1n) is 6.02. The van der Waals surface area contributed by atoms with Crippen molar-refractivity contribution in [3.8, 4) is 0 Å². The summed E-state index contributed by atoms with van der Waals surface area (Å²) in [7, 11) is 2.28. The number of hydrogen-bond acceptors (Lipinski definition) is 1. The summed E-state index contributed by atoms with van der Waals surface area (Å²) >= 11 is 5.68. The highest BCUT2D eigenvalue weighted by Gasteiger charge is 2.24. The maximum absolute atomic E-state index is 5.68. The van der Waals surface area contributed by atoms with E-state index >= 15 is 0 Å². The zero-order valence-corrected chi connectivity index (χ0v) is 10.4. The fourth-order valence-corrected chi connectivity index (χ4v) is 2.76. The van der Waals surface area contributed by atoms with Gasteiger partial charge in [0.1, 0.15) is 0 Å². The van der Waals surface area contributed by atoms with Crippen LogP contribution in [0.25, 0.3) is 0 Å². The van der Waals surface area contributed by atoms with Gasteiger partial charge in [0.2, 0.25) is 0 Å². The van der Waals surface area contributed by atoms with Gasteiger partial charge in [0.05, 0.1) is 0 Å². The van der Waals surface area contributed by atoms with Gasteiger partial charge >= 0.3 is 0 Å². The predicted molar refractivity (Wildman–Crippen MR) is 64.0 cm³/mol. The van der Waals surface area contributed by atoms with Gasteiger partial charge in [-0.05, 0) is 45.2 Å². The average Bonchev–Trinajstić information content (AvgIpc) is 2.18. The molecular formula is C12H24ClN. The maximum Gasteiger partial charge on any atom is 0.0223 e. The fraction of sp³-hybridized carbons (Fsp3) is 1.00. The van der Waals surface area contributed by atoms with E-state index in [0.29, 0.717) is 0 Å². The normalized spacial score (nSPS) is 28.3. The molecule has 1 saturated carbocycles. The number of nitrogens with zero attached hydrogens (tertiary/aromatic N) is 1. The molecule has 1 nitrogen and oxygen atoms in total. The summed E-state index contributed by atoms with van der Waals surface area (Å²) in [6.45, 7) is 3.63. The molecule has 0 radical (unpaired) electrons.